The number of benzene rings is 1. The molecule has 15 heteroatoms. The summed E-state index contributed by atoms with van der Waals surface area (Å²) in [5.41, 5.74) is 6.62. The van der Waals surface area contributed by atoms with Crippen molar-refractivity contribution in [3.8, 4) is 0 Å². The van der Waals surface area contributed by atoms with Crippen molar-refractivity contribution < 1.29 is 54.0 Å². The van der Waals surface area contributed by atoms with E-state index in [0.717, 1.165) is 5.56 Å². The molecule has 0 aliphatic rings. The van der Waals surface area contributed by atoms with Crippen LogP contribution in [-0.4, -0.2) is 86.2 Å². The van der Waals surface area contributed by atoms with E-state index in [0.29, 0.717) is 0 Å². The minimum absolute atomic E-state index is 0.0942. The average Bonchev–Trinajstić information content (AvgIpc) is 2.83. The summed E-state index contributed by atoms with van der Waals surface area (Å²) in [4.78, 5) is 82.5. The summed E-state index contributed by atoms with van der Waals surface area (Å²) in [6, 6.07) is 2.50. The fourth-order valence-corrected chi connectivity index (χ4v) is 3.23. The fraction of sp³-hybridized carbons (Fsp3) is 0.435. The molecule has 0 saturated carbocycles. The number of carbonyl (C=O) groups is 7. The van der Waals surface area contributed by atoms with Gasteiger partial charge in [-0.3, -0.25) is 28.8 Å². The number of nitrogens with two attached hydrogens (primary N) is 1. The molecule has 0 radical (unpaired) electrons. The summed E-state index contributed by atoms with van der Waals surface area (Å²) in [6.45, 7) is 0. The van der Waals surface area contributed by atoms with Crippen LogP contribution in [0.15, 0.2) is 30.3 Å². The van der Waals surface area contributed by atoms with Crippen molar-refractivity contribution in [1.82, 2.24) is 16.0 Å². The predicted molar refractivity (Wildman–Crippen MR) is 128 cm³/mol. The third-order valence-corrected chi connectivity index (χ3v) is 5.19. The largest absolute Gasteiger partial charge is 0.481 e. The number of carbonyl (C=O) groups excluding carboxylic acids is 3. The second-order valence-electron chi connectivity index (χ2n) is 8.28. The Bertz CT molecular complexity index is 1030. The average molecular weight is 539 g/mol. The van der Waals surface area contributed by atoms with Crippen molar-refractivity contribution >= 4 is 41.6 Å². The van der Waals surface area contributed by atoms with Gasteiger partial charge in [-0.25, -0.2) is 4.79 Å². The summed E-state index contributed by atoms with van der Waals surface area (Å²) in [5, 5.41) is 42.5. The van der Waals surface area contributed by atoms with Gasteiger partial charge in [-0.1, -0.05) is 30.3 Å². The van der Waals surface area contributed by atoms with Gasteiger partial charge in [0.25, 0.3) is 0 Å². The molecular formula is C23H30N4O11. The number of hydrogen-bond donors (Lipinski definition) is 8. The van der Waals surface area contributed by atoms with E-state index in [2.05, 4.69) is 10.6 Å². The van der Waals surface area contributed by atoms with Gasteiger partial charge in [-0.15, -0.1) is 0 Å². The molecule has 0 spiro atoms. The Kier molecular flexibility index (Phi) is 12.9. The van der Waals surface area contributed by atoms with E-state index in [-0.39, 0.29) is 6.42 Å². The van der Waals surface area contributed by atoms with Crippen LogP contribution < -0.4 is 21.7 Å². The van der Waals surface area contributed by atoms with Crippen molar-refractivity contribution in [2.45, 2.75) is 62.7 Å². The molecule has 0 saturated heterocycles. The lowest BCUT2D eigenvalue weighted by molar-refractivity contribution is -0.144. The molecule has 15 nitrogen and oxygen atoms in total. The molecule has 0 aromatic heterocycles. The maximum Gasteiger partial charge on any atom is 0.326 e. The molecule has 0 bridgehead atoms. The number of aliphatic carboxylic acids is 4. The topological polar surface area (TPSA) is 263 Å². The first kappa shape index (κ1) is 31.5. The lowest BCUT2D eigenvalue weighted by atomic mass is 10.0. The molecule has 4 atom stereocenters. The molecular weight excluding hydrogens is 508 g/mol. The van der Waals surface area contributed by atoms with Crippen molar-refractivity contribution in [3.05, 3.63) is 35.9 Å². The minimum Gasteiger partial charge on any atom is -0.481 e. The Morgan fingerprint density at radius 2 is 1.13 bits per heavy atom. The summed E-state index contributed by atoms with van der Waals surface area (Å²) < 4.78 is 0. The zero-order chi connectivity index (χ0) is 28.8. The van der Waals surface area contributed by atoms with Gasteiger partial charge < -0.3 is 42.1 Å². The van der Waals surface area contributed by atoms with Crippen LogP contribution in [-0.2, 0) is 40.0 Å². The van der Waals surface area contributed by atoms with Crippen LogP contribution in [0.2, 0.25) is 0 Å². The van der Waals surface area contributed by atoms with Gasteiger partial charge in [0.05, 0.1) is 12.5 Å². The fourth-order valence-electron chi connectivity index (χ4n) is 3.23. The van der Waals surface area contributed by atoms with Crippen LogP contribution in [0.25, 0.3) is 0 Å². The molecule has 1 aromatic carbocycles. The molecule has 38 heavy (non-hydrogen) atoms. The summed E-state index contributed by atoms with van der Waals surface area (Å²) >= 11 is 0. The maximum atomic E-state index is 12.9. The van der Waals surface area contributed by atoms with Crippen molar-refractivity contribution in [1.29, 1.82) is 0 Å². The predicted octanol–water partition coefficient (Wildman–Crippen LogP) is -1.70. The molecule has 9 N–H and O–H groups in total. The highest BCUT2D eigenvalue weighted by Gasteiger charge is 2.32. The molecule has 1 rings (SSSR count). The first-order valence-electron chi connectivity index (χ1n) is 11.4. The van der Waals surface area contributed by atoms with Crippen LogP contribution in [0, 0.1) is 0 Å². The van der Waals surface area contributed by atoms with E-state index in [4.69, 9.17) is 21.1 Å². The normalized spacial score (nSPS) is 13.7. The van der Waals surface area contributed by atoms with E-state index in [1.54, 1.807) is 30.3 Å². The van der Waals surface area contributed by atoms with E-state index < -0.39 is 97.9 Å². The monoisotopic (exact) mass is 538 g/mol. The van der Waals surface area contributed by atoms with Gasteiger partial charge in [0, 0.05) is 12.8 Å². The van der Waals surface area contributed by atoms with E-state index in [9.17, 15) is 38.7 Å². The van der Waals surface area contributed by atoms with E-state index in [1.165, 1.54) is 0 Å². The zero-order valence-electron chi connectivity index (χ0n) is 20.2. The van der Waals surface area contributed by atoms with Crippen molar-refractivity contribution in [2.24, 2.45) is 5.73 Å². The third kappa shape index (κ3) is 11.9. The Hall–Kier alpha value is -4.53. The van der Waals surface area contributed by atoms with Gasteiger partial charge in [-0.2, -0.15) is 0 Å². The number of carboxylic acids is 4. The Morgan fingerprint density at radius 3 is 1.63 bits per heavy atom. The highest BCUT2D eigenvalue weighted by atomic mass is 16.4. The van der Waals surface area contributed by atoms with Crippen LogP contribution in [0.4, 0.5) is 0 Å². The van der Waals surface area contributed by atoms with E-state index in [1.807, 2.05) is 5.32 Å². The lowest BCUT2D eigenvalue weighted by Crippen LogP contribution is -2.57. The first-order valence-corrected chi connectivity index (χ1v) is 11.4. The Labute approximate surface area is 216 Å². The maximum absolute atomic E-state index is 12.9. The number of nitrogens with one attached hydrogen (secondary N) is 3. The molecule has 0 aliphatic heterocycles. The molecule has 0 heterocycles. The summed E-state index contributed by atoms with van der Waals surface area (Å²) in [6.07, 6.45) is -3.02. The molecule has 3 amide bonds. The smallest absolute Gasteiger partial charge is 0.326 e. The molecule has 4 unspecified atom stereocenters. The molecule has 0 aliphatic carbocycles. The van der Waals surface area contributed by atoms with Gasteiger partial charge in [0.15, 0.2) is 0 Å². The summed E-state index contributed by atoms with van der Waals surface area (Å²) in [5.74, 6) is -8.90. The number of hydrogen-bond acceptors (Lipinski definition) is 8. The second-order valence-corrected chi connectivity index (χ2v) is 8.28. The number of carboxylic acid groups (broad SMARTS) is 4. The van der Waals surface area contributed by atoms with Gasteiger partial charge in [0.1, 0.15) is 18.1 Å². The quantitative estimate of drug-likeness (QED) is 0.110. The van der Waals surface area contributed by atoms with Gasteiger partial charge in [0.2, 0.25) is 17.7 Å². The molecule has 0 fully saturated rings. The van der Waals surface area contributed by atoms with E-state index >= 15 is 0 Å². The zero-order valence-corrected chi connectivity index (χ0v) is 20.2. The molecule has 208 valence electrons. The first-order chi connectivity index (χ1) is 17.8. The SMILES string of the molecule is NC(Cc1ccccc1)C(=O)NC(CCC(=O)O)C(=O)NC(CC(=O)O)C(=O)NC(CCC(=O)O)C(=O)O. The minimum atomic E-state index is -1.83. The van der Waals surface area contributed by atoms with Crippen LogP contribution in [0.3, 0.4) is 0 Å². The third-order valence-electron chi connectivity index (χ3n) is 5.19. The second kappa shape index (κ2) is 15.6. The van der Waals surface area contributed by atoms with Crippen LogP contribution >= 0.6 is 0 Å². The molecule has 1 aromatic rings. The Balaban J connectivity index is 3.00. The highest BCUT2D eigenvalue weighted by molar-refractivity contribution is 5.95. The highest BCUT2D eigenvalue weighted by Crippen LogP contribution is 2.06. The van der Waals surface area contributed by atoms with Crippen molar-refractivity contribution in [3.63, 3.8) is 0 Å². The number of amides is 3. The Morgan fingerprint density at radius 1 is 0.658 bits per heavy atom. The van der Waals surface area contributed by atoms with Gasteiger partial charge >= 0.3 is 23.9 Å². The summed E-state index contributed by atoms with van der Waals surface area (Å²) in [7, 11) is 0. The van der Waals surface area contributed by atoms with Gasteiger partial charge in [-0.05, 0) is 24.8 Å². The van der Waals surface area contributed by atoms with Crippen LogP contribution in [0.1, 0.15) is 37.7 Å². The lowest BCUT2D eigenvalue weighted by Gasteiger charge is -2.24. The standard InChI is InChI=1S/C23H30N4O11/c24-13(10-12-4-2-1-3-5-12)20(34)25-14(6-8-17(28)29)21(35)27-16(11-19(32)33)22(36)26-15(23(37)38)7-9-18(30)31/h1-5,13-16H,6-11,24H2,(H,25,34)(H,26,36)(H,27,35)(H,28,29)(H,30,31)(H,32,33)(H,37,38). The number of rotatable bonds is 17. The van der Waals surface area contributed by atoms with Crippen molar-refractivity contribution in [2.75, 3.05) is 0 Å². The van der Waals surface area contributed by atoms with Crippen LogP contribution in [0.5, 0.6) is 0 Å².